The lowest BCUT2D eigenvalue weighted by Gasteiger charge is -2.09. The fourth-order valence-electron chi connectivity index (χ4n) is 1.75. The van der Waals surface area contributed by atoms with Crippen LogP contribution < -0.4 is 10.5 Å². The van der Waals surface area contributed by atoms with Crippen molar-refractivity contribution in [2.75, 3.05) is 0 Å². The molecule has 0 aliphatic carbocycles. The van der Waals surface area contributed by atoms with Crippen LogP contribution in [0.3, 0.4) is 0 Å². The molecule has 100 valence electrons. The zero-order chi connectivity index (χ0) is 14.2. The van der Waals surface area contributed by atoms with Crippen molar-refractivity contribution in [1.29, 1.82) is 0 Å². The minimum atomic E-state index is 0.308. The molecule has 0 saturated carbocycles. The first-order valence-electron chi connectivity index (χ1n) is 5.67. The molecule has 19 heavy (non-hydrogen) atoms. The lowest BCUT2D eigenvalue weighted by Crippen LogP contribution is -2.09. The number of hydrogen-bond donors (Lipinski definition) is 1. The van der Waals surface area contributed by atoms with E-state index in [1.165, 1.54) is 0 Å². The van der Waals surface area contributed by atoms with Gasteiger partial charge in [-0.25, -0.2) is 0 Å². The first kappa shape index (κ1) is 13.8. The number of nitrogens with zero attached hydrogens (tertiary/aromatic N) is 2. The second kappa shape index (κ2) is 5.19. The maximum atomic E-state index is 6.17. The summed E-state index contributed by atoms with van der Waals surface area (Å²) >= 11 is 11.1. The van der Waals surface area contributed by atoms with Gasteiger partial charge < -0.3 is 10.5 Å². The van der Waals surface area contributed by atoms with Crippen molar-refractivity contribution in [3.8, 4) is 11.5 Å². The lowest BCUT2D eigenvalue weighted by atomic mass is 10.2. The fraction of sp³-hybridized carbons (Fsp3) is 0.231. The fourth-order valence-corrected chi connectivity index (χ4v) is 2.09. The van der Waals surface area contributed by atoms with E-state index in [-0.39, 0.29) is 0 Å². The van der Waals surface area contributed by atoms with Gasteiger partial charge in [0.25, 0.3) is 0 Å². The van der Waals surface area contributed by atoms with Gasteiger partial charge in [-0.15, -0.1) is 0 Å². The highest BCUT2D eigenvalue weighted by atomic mass is 35.5. The van der Waals surface area contributed by atoms with Gasteiger partial charge in [0, 0.05) is 12.6 Å². The Morgan fingerprint density at radius 2 is 2.11 bits per heavy atom. The maximum absolute atomic E-state index is 6.17. The SMILES string of the molecule is Cc1nn(C)c(C)c1Oc1ccc(C(N)=S)cc1Cl. The van der Waals surface area contributed by atoms with E-state index in [4.69, 9.17) is 34.3 Å². The molecule has 0 spiro atoms. The van der Waals surface area contributed by atoms with Crippen molar-refractivity contribution in [3.05, 3.63) is 40.2 Å². The Morgan fingerprint density at radius 3 is 2.58 bits per heavy atom. The Bertz CT molecular complexity index is 652. The Balaban J connectivity index is 2.36. The predicted molar refractivity (Wildman–Crippen MR) is 80.1 cm³/mol. The Labute approximate surface area is 122 Å². The number of nitrogens with two attached hydrogens (primary N) is 1. The summed E-state index contributed by atoms with van der Waals surface area (Å²) < 4.78 is 7.59. The summed E-state index contributed by atoms with van der Waals surface area (Å²) in [5.74, 6) is 1.27. The number of benzene rings is 1. The van der Waals surface area contributed by atoms with Crippen LogP contribution in [0.4, 0.5) is 0 Å². The van der Waals surface area contributed by atoms with Crippen LogP contribution in [0.2, 0.25) is 5.02 Å². The van der Waals surface area contributed by atoms with E-state index in [1.54, 1.807) is 22.9 Å². The molecule has 2 N–H and O–H groups in total. The van der Waals surface area contributed by atoms with Crippen LogP contribution in [0.5, 0.6) is 11.5 Å². The number of aromatic nitrogens is 2. The van der Waals surface area contributed by atoms with Gasteiger partial charge in [0.05, 0.1) is 10.7 Å². The third-order valence-electron chi connectivity index (χ3n) is 2.87. The molecule has 0 atom stereocenters. The van der Waals surface area contributed by atoms with Gasteiger partial charge in [-0.2, -0.15) is 5.10 Å². The van der Waals surface area contributed by atoms with E-state index in [1.807, 2.05) is 20.9 Å². The maximum Gasteiger partial charge on any atom is 0.171 e. The second-order valence-corrected chi connectivity index (χ2v) is 5.08. The summed E-state index contributed by atoms with van der Waals surface area (Å²) in [6, 6.07) is 5.23. The highest BCUT2D eigenvalue weighted by Gasteiger charge is 2.13. The van der Waals surface area contributed by atoms with Crippen LogP contribution >= 0.6 is 23.8 Å². The summed E-state index contributed by atoms with van der Waals surface area (Å²) in [6.07, 6.45) is 0. The molecule has 2 aromatic rings. The minimum absolute atomic E-state index is 0.308. The van der Waals surface area contributed by atoms with Gasteiger partial charge in [0.15, 0.2) is 5.75 Å². The number of rotatable bonds is 3. The summed E-state index contributed by atoms with van der Waals surface area (Å²) in [4.78, 5) is 0.308. The van der Waals surface area contributed by atoms with Gasteiger partial charge >= 0.3 is 0 Å². The van der Waals surface area contributed by atoms with Gasteiger partial charge in [-0.1, -0.05) is 23.8 Å². The Kier molecular flexibility index (Phi) is 3.78. The van der Waals surface area contributed by atoms with Crippen LogP contribution in [-0.4, -0.2) is 14.8 Å². The smallest absolute Gasteiger partial charge is 0.171 e. The molecule has 0 bridgehead atoms. The largest absolute Gasteiger partial charge is 0.452 e. The predicted octanol–water partition coefficient (Wildman–Crippen LogP) is 3.12. The number of ether oxygens (including phenoxy) is 1. The molecule has 6 heteroatoms. The lowest BCUT2D eigenvalue weighted by molar-refractivity contribution is 0.474. The molecule has 0 amide bonds. The van der Waals surface area contributed by atoms with Crippen molar-refractivity contribution in [2.45, 2.75) is 13.8 Å². The van der Waals surface area contributed by atoms with E-state index in [2.05, 4.69) is 5.10 Å². The molecule has 0 aliphatic rings. The third-order valence-corrected chi connectivity index (χ3v) is 3.40. The molecule has 0 aliphatic heterocycles. The quantitative estimate of drug-likeness (QED) is 0.884. The first-order chi connectivity index (χ1) is 8.90. The van der Waals surface area contributed by atoms with Gasteiger partial charge in [-0.05, 0) is 32.0 Å². The molecule has 0 fully saturated rings. The van der Waals surface area contributed by atoms with E-state index in [0.29, 0.717) is 27.1 Å². The minimum Gasteiger partial charge on any atom is -0.452 e. The molecule has 1 aromatic heterocycles. The number of thiocarbonyl (C=S) groups is 1. The summed E-state index contributed by atoms with van der Waals surface area (Å²) in [5.41, 5.74) is 8.02. The normalized spacial score (nSPS) is 10.5. The number of hydrogen-bond acceptors (Lipinski definition) is 3. The van der Waals surface area contributed by atoms with Crippen LogP contribution in [0, 0.1) is 13.8 Å². The van der Waals surface area contributed by atoms with Crippen molar-refractivity contribution in [2.24, 2.45) is 12.8 Å². The average molecular weight is 296 g/mol. The molecule has 2 rings (SSSR count). The van der Waals surface area contributed by atoms with Gasteiger partial charge in [-0.3, -0.25) is 4.68 Å². The highest BCUT2D eigenvalue weighted by Crippen LogP contribution is 2.33. The van der Waals surface area contributed by atoms with Crippen LogP contribution in [-0.2, 0) is 7.05 Å². The van der Waals surface area contributed by atoms with Crippen molar-refractivity contribution in [1.82, 2.24) is 9.78 Å². The molecule has 0 saturated heterocycles. The van der Waals surface area contributed by atoms with Crippen LogP contribution in [0.1, 0.15) is 17.0 Å². The average Bonchev–Trinajstić information content (AvgIpc) is 2.58. The van der Waals surface area contributed by atoms with Crippen molar-refractivity contribution in [3.63, 3.8) is 0 Å². The third kappa shape index (κ3) is 2.72. The summed E-state index contributed by atoms with van der Waals surface area (Å²) in [7, 11) is 1.87. The van der Waals surface area contributed by atoms with Crippen molar-refractivity contribution >= 4 is 28.8 Å². The number of aryl methyl sites for hydroxylation is 2. The molecule has 0 radical (unpaired) electrons. The summed E-state index contributed by atoms with van der Waals surface area (Å²) in [6.45, 7) is 3.83. The van der Waals surface area contributed by atoms with E-state index >= 15 is 0 Å². The monoisotopic (exact) mass is 295 g/mol. The molecule has 1 heterocycles. The number of halogens is 1. The van der Waals surface area contributed by atoms with E-state index in [0.717, 1.165) is 11.4 Å². The van der Waals surface area contributed by atoms with Crippen LogP contribution in [0.15, 0.2) is 18.2 Å². The second-order valence-electron chi connectivity index (χ2n) is 4.24. The molecular formula is C13H14ClN3OS. The standard InChI is InChI=1S/C13H14ClN3OS/c1-7-12(8(2)17(3)16-7)18-11-5-4-9(13(15)19)6-10(11)14/h4-6H,1-3H3,(H2,15,19). The molecular weight excluding hydrogens is 282 g/mol. The molecule has 1 aromatic carbocycles. The van der Waals surface area contributed by atoms with E-state index in [9.17, 15) is 0 Å². The first-order valence-corrected chi connectivity index (χ1v) is 6.46. The molecule has 0 unspecified atom stereocenters. The van der Waals surface area contributed by atoms with E-state index < -0.39 is 0 Å². The molecule has 4 nitrogen and oxygen atoms in total. The zero-order valence-corrected chi connectivity index (χ0v) is 12.5. The summed E-state index contributed by atoms with van der Waals surface area (Å²) in [5, 5.41) is 4.76. The van der Waals surface area contributed by atoms with Gasteiger partial charge in [0.1, 0.15) is 16.4 Å². The van der Waals surface area contributed by atoms with Crippen LogP contribution in [0.25, 0.3) is 0 Å². The Hall–Kier alpha value is -1.59. The van der Waals surface area contributed by atoms with Gasteiger partial charge in [0.2, 0.25) is 0 Å². The highest BCUT2D eigenvalue weighted by molar-refractivity contribution is 7.80. The van der Waals surface area contributed by atoms with Crippen molar-refractivity contribution < 1.29 is 4.74 Å². The Morgan fingerprint density at radius 1 is 1.42 bits per heavy atom. The zero-order valence-electron chi connectivity index (χ0n) is 10.9. The topological polar surface area (TPSA) is 53.1 Å².